The standard InChI is InChI=1S/C13H10N2OS/c16-13-12-10(6-7-14-13)11(8-15-12)17-9-4-2-1-3-5-9/h1-8,15H,(H,14,16). The van der Waals surface area contributed by atoms with E-state index in [1.165, 1.54) is 0 Å². The van der Waals surface area contributed by atoms with E-state index in [0.29, 0.717) is 5.52 Å². The summed E-state index contributed by atoms with van der Waals surface area (Å²) in [5.74, 6) is 0. The lowest BCUT2D eigenvalue weighted by Crippen LogP contribution is -2.03. The fraction of sp³-hybridized carbons (Fsp3) is 0. The van der Waals surface area contributed by atoms with Gasteiger partial charge in [0.05, 0.1) is 0 Å². The molecule has 2 N–H and O–H groups in total. The summed E-state index contributed by atoms with van der Waals surface area (Å²) < 4.78 is 0. The van der Waals surface area contributed by atoms with Crippen molar-refractivity contribution < 1.29 is 0 Å². The topological polar surface area (TPSA) is 48.6 Å². The molecule has 4 heteroatoms. The van der Waals surface area contributed by atoms with Gasteiger partial charge in [0.1, 0.15) is 5.52 Å². The second-order valence-corrected chi connectivity index (χ2v) is 4.78. The van der Waals surface area contributed by atoms with Crippen LogP contribution in [0, 0.1) is 0 Å². The monoisotopic (exact) mass is 242 g/mol. The summed E-state index contributed by atoms with van der Waals surface area (Å²) in [5.41, 5.74) is 0.549. The van der Waals surface area contributed by atoms with Crippen LogP contribution in [-0.4, -0.2) is 9.97 Å². The number of H-pyrrole nitrogens is 2. The Balaban J connectivity index is 2.08. The molecule has 0 saturated heterocycles. The third-order valence-electron chi connectivity index (χ3n) is 2.54. The maximum Gasteiger partial charge on any atom is 0.272 e. The molecular weight excluding hydrogens is 232 g/mol. The summed E-state index contributed by atoms with van der Waals surface area (Å²) in [6, 6.07) is 12.0. The summed E-state index contributed by atoms with van der Waals surface area (Å²) in [6.07, 6.45) is 3.55. The van der Waals surface area contributed by atoms with Gasteiger partial charge >= 0.3 is 0 Å². The van der Waals surface area contributed by atoms with E-state index in [0.717, 1.165) is 15.2 Å². The number of benzene rings is 1. The van der Waals surface area contributed by atoms with Crippen molar-refractivity contribution in [3.05, 3.63) is 59.1 Å². The number of rotatable bonds is 2. The van der Waals surface area contributed by atoms with Gasteiger partial charge in [-0.05, 0) is 18.2 Å². The molecule has 0 unspecified atom stereocenters. The highest BCUT2D eigenvalue weighted by Crippen LogP contribution is 2.31. The quantitative estimate of drug-likeness (QED) is 0.725. The maximum absolute atomic E-state index is 11.5. The van der Waals surface area contributed by atoms with Crippen molar-refractivity contribution in [1.82, 2.24) is 9.97 Å². The zero-order valence-corrected chi connectivity index (χ0v) is 9.75. The average molecular weight is 242 g/mol. The minimum absolute atomic E-state index is 0.0811. The van der Waals surface area contributed by atoms with Crippen molar-refractivity contribution in [2.75, 3.05) is 0 Å². The smallest absolute Gasteiger partial charge is 0.272 e. The summed E-state index contributed by atoms with van der Waals surface area (Å²) in [6.45, 7) is 0. The van der Waals surface area contributed by atoms with E-state index in [2.05, 4.69) is 22.1 Å². The molecule has 84 valence electrons. The number of hydrogen-bond acceptors (Lipinski definition) is 2. The van der Waals surface area contributed by atoms with Crippen molar-refractivity contribution in [2.24, 2.45) is 0 Å². The van der Waals surface area contributed by atoms with Gasteiger partial charge in [-0.25, -0.2) is 0 Å². The van der Waals surface area contributed by atoms with Crippen LogP contribution < -0.4 is 5.56 Å². The fourth-order valence-corrected chi connectivity index (χ4v) is 2.69. The van der Waals surface area contributed by atoms with E-state index >= 15 is 0 Å². The summed E-state index contributed by atoms with van der Waals surface area (Å²) in [4.78, 5) is 19.4. The van der Waals surface area contributed by atoms with E-state index in [9.17, 15) is 4.79 Å². The van der Waals surface area contributed by atoms with Crippen molar-refractivity contribution >= 4 is 22.7 Å². The lowest BCUT2D eigenvalue weighted by atomic mass is 10.3. The van der Waals surface area contributed by atoms with E-state index in [1.807, 2.05) is 30.5 Å². The SMILES string of the molecule is O=c1[nH]ccc2c(Sc3ccccc3)c[nH]c12. The Morgan fingerprint density at radius 1 is 1.00 bits per heavy atom. The Morgan fingerprint density at radius 3 is 2.65 bits per heavy atom. The molecule has 0 atom stereocenters. The van der Waals surface area contributed by atoms with Crippen LogP contribution in [-0.2, 0) is 0 Å². The number of pyridine rings is 1. The van der Waals surface area contributed by atoms with Crippen LogP contribution in [0.15, 0.2) is 63.4 Å². The fourth-order valence-electron chi connectivity index (χ4n) is 1.74. The lowest BCUT2D eigenvalue weighted by molar-refractivity contribution is 1.26. The third-order valence-corrected chi connectivity index (χ3v) is 3.61. The van der Waals surface area contributed by atoms with Crippen molar-refractivity contribution in [3.8, 4) is 0 Å². The van der Waals surface area contributed by atoms with Gasteiger partial charge in [0, 0.05) is 27.6 Å². The van der Waals surface area contributed by atoms with Crippen LogP contribution in [0.3, 0.4) is 0 Å². The number of nitrogens with one attached hydrogen (secondary N) is 2. The Bertz CT molecular complexity index is 700. The van der Waals surface area contributed by atoms with Gasteiger partial charge in [0.2, 0.25) is 0 Å². The van der Waals surface area contributed by atoms with Crippen molar-refractivity contribution in [3.63, 3.8) is 0 Å². The first-order valence-corrected chi connectivity index (χ1v) is 6.08. The normalized spacial score (nSPS) is 10.8. The Kier molecular flexibility index (Phi) is 2.49. The zero-order valence-electron chi connectivity index (χ0n) is 8.94. The molecule has 2 heterocycles. The second-order valence-electron chi connectivity index (χ2n) is 3.66. The largest absolute Gasteiger partial charge is 0.356 e. The summed E-state index contributed by atoms with van der Waals surface area (Å²) >= 11 is 1.65. The summed E-state index contributed by atoms with van der Waals surface area (Å²) in [7, 11) is 0. The molecule has 1 aromatic carbocycles. The predicted molar refractivity (Wildman–Crippen MR) is 69.5 cm³/mol. The molecule has 3 nitrogen and oxygen atoms in total. The molecule has 0 radical (unpaired) electrons. The molecule has 3 aromatic rings. The Hall–Kier alpha value is -1.94. The number of aromatic amines is 2. The van der Waals surface area contributed by atoms with E-state index in [-0.39, 0.29) is 5.56 Å². The van der Waals surface area contributed by atoms with Gasteiger partial charge < -0.3 is 9.97 Å². The van der Waals surface area contributed by atoms with Gasteiger partial charge in [-0.1, -0.05) is 30.0 Å². The molecule has 2 aromatic heterocycles. The third kappa shape index (κ3) is 1.87. The van der Waals surface area contributed by atoms with Gasteiger partial charge in [-0.2, -0.15) is 0 Å². The number of hydrogen-bond donors (Lipinski definition) is 2. The molecule has 0 spiro atoms. The van der Waals surface area contributed by atoms with E-state index in [4.69, 9.17) is 0 Å². The number of aromatic nitrogens is 2. The van der Waals surface area contributed by atoms with Crippen LogP contribution in [0.2, 0.25) is 0 Å². The molecule has 0 amide bonds. The molecule has 0 aliphatic rings. The predicted octanol–water partition coefficient (Wildman–Crippen LogP) is 3.01. The van der Waals surface area contributed by atoms with Gasteiger partial charge in [0.25, 0.3) is 5.56 Å². The minimum Gasteiger partial charge on any atom is -0.356 e. The molecule has 0 fully saturated rings. The first-order chi connectivity index (χ1) is 8.34. The van der Waals surface area contributed by atoms with Crippen LogP contribution in [0.5, 0.6) is 0 Å². The van der Waals surface area contributed by atoms with Crippen LogP contribution >= 0.6 is 11.8 Å². The Morgan fingerprint density at radius 2 is 1.82 bits per heavy atom. The van der Waals surface area contributed by atoms with Gasteiger partial charge in [-0.15, -0.1) is 0 Å². The molecule has 3 rings (SSSR count). The van der Waals surface area contributed by atoms with Crippen molar-refractivity contribution in [2.45, 2.75) is 9.79 Å². The van der Waals surface area contributed by atoms with Crippen LogP contribution in [0.1, 0.15) is 0 Å². The molecular formula is C13H10N2OS. The van der Waals surface area contributed by atoms with Gasteiger partial charge in [-0.3, -0.25) is 4.79 Å². The van der Waals surface area contributed by atoms with Gasteiger partial charge in [0.15, 0.2) is 0 Å². The van der Waals surface area contributed by atoms with Crippen LogP contribution in [0.4, 0.5) is 0 Å². The van der Waals surface area contributed by atoms with E-state index < -0.39 is 0 Å². The molecule has 0 bridgehead atoms. The Labute approximate surface area is 102 Å². The van der Waals surface area contributed by atoms with Crippen molar-refractivity contribution in [1.29, 1.82) is 0 Å². The minimum atomic E-state index is -0.0811. The highest BCUT2D eigenvalue weighted by atomic mass is 32.2. The van der Waals surface area contributed by atoms with E-state index in [1.54, 1.807) is 18.0 Å². The first-order valence-electron chi connectivity index (χ1n) is 5.26. The summed E-state index contributed by atoms with van der Waals surface area (Å²) in [5, 5.41) is 0.961. The molecule has 17 heavy (non-hydrogen) atoms. The first kappa shape index (κ1) is 10.2. The number of fused-ring (bicyclic) bond motifs is 1. The molecule has 0 aliphatic heterocycles. The lowest BCUT2D eigenvalue weighted by Gasteiger charge is -1.98. The molecule has 0 aliphatic carbocycles. The highest BCUT2D eigenvalue weighted by molar-refractivity contribution is 7.99. The second kappa shape index (κ2) is 4.14. The maximum atomic E-state index is 11.5. The highest BCUT2D eigenvalue weighted by Gasteiger charge is 2.06. The van der Waals surface area contributed by atoms with Crippen LogP contribution in [0.25, 0.3) is 10.9 Å². The molecule has 0 saturated carbocycles. The zero-order chi connectivity index (χ0) is 11.7. The average Bonchev–Trinajstić information content (AvgIpc) is 2.76.